The maximum atomic E-state index is 12.3. The molecule has 1 aliphatic rings. The molecule has 0 radical (unpaired) electrons. The van der Waals surface area contributed by atoms with Crippen molar-refractivity contribution in [2.75, 3.05) is 0 Å². The Morgan fingerprint density at radius 2 is 1.94 bits per heavy atom. The SMILES string of the molecule is CC(C)CCC(C)NC(=O)C1(C(N)=S)CC(C)C1. The number of amides is 1. The molecule has 1 rings (SSSR count). The van der Waals surface area contributed by atoms with E-state index in [2.05, 4.69) is 33.0 Å². The van der Waals surface area contributed by atoms with Crippen LogP contribution in [0.1, 0.15) is 53.4 Å². The first-order chi connectivity index (χ1) is 8.28. The Balaban J connectivity index is 2.51. The molecule has 1 unspecified atom stereocenters. The van der Waals surface area contributed by atoms with Crippen LogP contribution in [-0.2, 0) is 4.79 Å². The summed E-state index contributed by atoms with van der Waals surface area (Å²) in [5.74, 6) is 1.24. The first-order valence-electron chi connectivity index (χ1n) is 6.89. The molecule has 3 N–H and O–H groups in total. The van der Waals surface area contributed by atoms with Crippen LogP contribution in [0.2, 0.25) is 0 Å². The van der Waals surface area contributed by atoms with E-state index in [1.807, 2.05) is 0 Å². The van der Waals surface area contributed by atoms with Gasteiger partial charge in [-0.15, -0.1) is 0 Å². The highest BCUT2D eigenvalue weighted by Crippen LogP contribution is 2.46. The number of thiocarbonyl (C=S) groups is 1. The van der Waals surface area contributed by atoms with Gasteiger partial charge in [0.2, 0.25) is 5.91 Å². The van der Waals surface area contributed by atoms with Gasteiger partial charge in [-0.1, -0.05) is 33.0 Å². The number of carbonyl (C=O) groups is 1. The molecule has 3 nitrogen and oxygen atoms in total. The van der Waals surface area contributed by atoms with Crippen LogP contribution in [0, 0.1) is 17.3 Å². The van der Waals surface area contributed by atoms with Crippen molar-refractivity contribution in [3.63, 3.8) is 0 Å². The molecule has 1 fully saturated rings. The largest absolute Gasteiger partial charge is 0.392 e. The smallest absolute Gasteiger partial charge is 0.233 e. The van der Waals surface area contributed by atoms with E-state index in [4.69, 9.17) is 18.0 Å². The fraction of sp³-hybridized carbons (Fsp3) is 0.857. The normalized spacial score (nSPS) is 28.6. The van der Waals surface area contributed by atoms with Crippen LogP contribution in [-0.4, -0.2) is 16.9 Å². The van der Waals surface area contributed by atoms with Crippen molar-refractivity contribution in [3.05, 3.63) is 0 Å². The van der Waals surface area contributed by atoms with Crippen molar-refractivity contribution in [1.29, 1.82) is 0 Å². The Bertz CT molecular complexity index is 322. The van der Waals surface area contributed by atoms with Crippen LogP contribution in [0.4, 0.5) is 0 Å². The molecule has 1 aliphatic carbocycles. The number of hydrogen-bond acceptors (Lipinski definition) is 2. The Hall–Kier alpha value is -0.640. The Labute approximate surface area is 116 Å². The third-order valence-electron chi connectivity index (χ3n) is 3.85. The molecule has 0 heterocycles. The lowest BCUT2D eigenvalue weighted by molar-refractivity contribution is -0.133. The molecule has 1 amide bonds. The average molecular weight is 270 g/mol. The molecule has 0 aliphatic heterocycles. The van der Waals surface area contributed by atoms with Crippen LogP contribution in [0.3, 0.4) is 0 Å². The van der Waals surface area contributed by atoms with E-state index in [1.165, 1.54) is 0 Å². The van der Waals surface area contributed by atoms with E-state index in [1.54, 1.807) is 0 Å². The fourth-order valence-electron chi connectivity index (χ4n) is 2.65. The van der Waals surface area contributed by atoms with Gasteiger partial charge in [0.1, 0.15) is 0 Å². The summed E-state index contributed by atoms with van der Waals surface area (Å²) in [7, 11) is 0. The van der Waals surface area contributed by atoms with Crippen molar-refractivity contribution >= 4 is 23.1 Å². The maximum absolute atomic E-state index is 12.3. The van der Waals surface area contributed by atoms with Crippen molar-refractivity contribution in [2.24, 2.45) is 23.0 Å². The molecular formula is C14H26N2OS. The topological polar surface area (TPSA) is 55.1 Å². The summed E-state index contributed by atoms with van der Waals surface area (Å²) >= 11 is 5.09. The van der Waals surface area contributed by atoms with E-state index < -0.39 is 5.41 Å². The first-order valence-corrected chi connectivity index (χ1v) is 7.29. The minimum absolute atomic E-state index is 0.0318. The van der Waals surface area contributed by atoms with Gasteiger partial charge in [-0.25, -0.2) is 0 Å². The van der Waals surface area contributed by atoms with Crippen LogP contribution in [0.5, 0.6) is 0 Å². The van der Waals surface area contributed by atoms with Gasteiger partial charge < -0.3 is 11.1 Å². The van der Waals surface area contributed by atoms with Crippen LogP contribution >= 0.6 is 12.2 Å². The molecule has 0 saturated heterocycles. The monoisotopic (exact) mass is 270 g/mol. The molecule has 1 atom stereocenters. The zero-order valence-electron chi connectivity index (χ0n) is 12.0. The highest BCUT2D eigenvalue weighted by molar-refractivity contribution is 7.80. The van der Waals surface area contributed by atoms with E-state index in [0.717, 1.165) is 25.7 Å². The van der Waals surface area contributed by atoms with Gasteiger partial charge in [-0.3, -0.25) is 4.79 Å². The van der Waals surface area contributed by atoms with E-state index >= 15 is 0 Å². The third kappa shape index (κ3) is 3.44. The minimum Gasteiger partial charge on any atom is -0.392 e. The molecule has 0 aromatic heterocycles. The Kier molecular flexibility index (Phi) is 5.14. The molecule has 4 heteroatoms. The second kappa shape index (κ2) is 6.00. The maximum Gasteiger partial charge on any atom is 0.233 e. The summed E-state index contributed by atoms with van der Waals surface area (Å²) in [4.78, 5) is 12.7. The Morgan fingerprint density at radius 3 is 2.33 bits per heavy atom. The molecule has 1 saturated carbocycles. The van der Waals surface area contributed by atoms with Gasteiger partial charge in [0.25, 0.3) is 0 Å². The van der Waals surface area contributed by atoms with E-state index in [9.17, 15) is 4.79 Å². The molecular weight excluding hydrogens is 244 g/mol. The lowest BCUT2D eigenvalue weighted by atomic mass is 9.62. The second-order valence-electron chi connectivity index (χ2n) is 6.31. The molecule has 0 bridgehead atoms. The lowest BCUT2D eigenvalue weighted by Crippen LogP contribution is -2.57. The van der Waals surface area contributed by atoms with Crippen LogP contribution in [0.25, 0.3) is 0 Å². The van der Waals surface area contributed by atoms with Gasteiger partial charge in [0.15, 0.2) is 0 Å². The van der Waals surface area contributed by atoms with Gasteiger partial charge in [0.05, 0.1) is 10.4 Å². The summed E-state index contributed by atoms with van der Waals surface area (Å²) in [6.45, 7) is 8.57. The van der Waals surface area contributed by atoms with Gasteiger partial charge >= 0.3 is 0 Å². The first kappa shape index (κ1) is 15.4. The number of hydrogen-bond donors (Lipinski definition) is 2. The molecule has 0 aromatic rings. The zero-order chi connectivity index (χ0) is 13.9. The molecule has 18 heavy (non-hydrogen) atoms. The number of nitrogens with one attached hydrogen (secondary N) is 1. The van der Waals surface area contributed by atoms with E-state index in [0.29, 0.717) is 16.8 Å². The Morgan fingerprint density at radius 1 is 1.39 bits per heavy atom. The van der Waals surface area contributed by atoms with Crippen LogP contribution in [0.15, 0.2) is 0 Å². The van der Waals surface area contributed by atoms with Crippen molar-refractivity contribution in [3.8, 4) is 0 Å². The van der Waals surface area contributed by atoms with Crippen molar-refractivity contribution < 1.29 is 4.79 Å². The lowest BCUT2D eigenvalue weighted by Gasteiger charge is -2.44. The molecule has 0 aromatic carbocycles. The predicted octanol–water partition coefficient (Wildman–Crippen LogP) is 2.63. The molecule has 104 valence electrons. The quantitative estimate of drug-likeness (QED) is 0.730. The van der Waals surface area contributed by atoms with Crippen LogP contribution < -0.4 is 11.1 Å². The zero-order valence-corrected chi connectivity index (χ0v) is 12.8. The summed E-state index contributed by atoms with van der Waals surface area (Å²) in [6.07, 6.45) is 3.72. The van der Waals surface area contributed by atoms with Gasteiger partial charge in [-0.2, -0.15) is 0 Å². The summed E-state index contributed by atoms with van der Waals surface area (Å²) < 4.78 is 0. The van der Waals surface area contributed by atoms with Crippen molar-refractivity contribution in [2.45, 2.75) is 59.4 Å². The highest BCUT2D eigenvalue weighted by atomic mass is 32.1. The standard InChI is InChI=1S/C14H26N2OS/c1-9(2)5-6-11(4)16-13(17)14(12(15)18)7-10(3)8-14/h9-11H,5-8H2,1-4H3,(H2,15,18)(H,16,17). The number of rotatable bonds is 6. The fourth-order valence-corrected chi connectivity index (χ4v) is 2.91. The molecule has 0 spiro atoms. The van der Waals surface area contributed by atoms with Gasteiger partial charge in [0, 0.05) is 6.04 Å². The number of nitrogens with two attached hydrogens (primary N) is 1. The van der Waals surface area contributed by atoms with E-state index in [-0.39, 0.29) is 11.9 Å². The second-order valence-corrected chi connectivity index (χ2v) is 6.75. The summed E-state index contributed by atoms with van der Waals surface area (Å²) in [5, 5.41) is 3.07. The number of carbonyl (C=O) groups excluding carboxylic acids is 1. The minimum atomic E-state index is -0.569. The third-order valence-corrected chi connectivity index (χ3v) is 4.25. The predicted molar refractivity (Wildman–Crippen MR) is 79.3 cm³/mol. The van der Waals surface area contributed by atoms with Crippen molar-refractivity contribution in [1.82, 2.24) is 5.32 Å². The summed E-state index contributed by atoms with van der Waals surface area (Å²) in [6, 6.07) is 0.196. The van der Waals surface area contributed by atoms with Gasteiger partial charge in [-0.05, 0) is 44.4 Å². The average Bonchev–Trinajstić information content (AvgIpc) is 2.20. The summed E-state index contributed by atoms with van der Waals surface area (Å²) in [5.41, 5.74) is 5.20. The highest BCUT2D eigenvalue weighted by Gasteiger charge is 2.50.